The van der Waals surface area contributed by atoms with E-state index in [1.165, 1.54) is 11.1 Å². The van der Waals surface area contributed by atoms with Crippen LogP contribution in [0.2, 0.25) is 0 Å². The average Bonchev–Trinajstić information content (AvgIpc) is 3.31. The van der Waals surface area contributed by atoms with Crippen LogP contribution in [-0.2, 0) is 22.4 Å². The van der Waals surface area contributed by atoms with Crippen molar-refractivity contribution in [2.24, 2.45) is 5.41 Å². The molecular formula is C23H24N2O2. The molecule has 2 unspecified atom stereocenters. The molecule has 1 fully saturated rings. The first-order chi connectivity index (χ1) is 13.0. The number of carbonyl (C=O) groups excluding carboxylic acids is 2. The van der Waals surface area contributed by atoms with Gasteiger partial charge in [0.25, 0.3) is 0 Å². The van der Waals surface area contributed by atoms with E-state index in [2.05, 4.69) is 26.0 Å². The molecule has 4 heteroatoms. The Morgan fingerprint density at radius 3 is 1.59 bits per heavy atom. The molecule has 0 bridgehead atoms. The summed E-state index contributed by atoms with van der Waals surface area (Å²) in [5, 5.41) is 0. The molecule has 2 atom stereocenters. The zero-order chi connectivity index (χ0) is 18.8. The SMILES string of the molecule is CC1Cc2ccccc2N1C(=O)C1(C(=O)N2c3ccccc3CC2C)CC1. The van der Waals surface area contributed by atoms with E-state index in [-0.39, 0.29) is 23.9 Å². The van der Waals surface area contributed by atoms with Crippen molar-refractivity contribution < 1.29 is 9.59 Å². The lowest BCUT2D eigenvalue weighted by Crippen LogP contribution is -2.50. The second-order valence-corrected chi connectivity index (χ2v) is 8.30. The maximum atomic E-state index is 13.6. The molecule has 3 aliphatic rings. The number of nitrogens with zero attached hydrogens (tertiary/aromatic N) is 2. The Balaban J connectivity index is 1.49. The van der Waals surface area contributed by atoms with Gasteiger partial charge in [-0.25, -0.2) is 0 Å². The van der Waals surface area contributed by atoms with Crippen LogP contribution in [0.5, 0.6) is 0 Å². The second-order valence-electron chi connectivity index (χ2n) is 8.30. The molecule has 1 saturated carbocycles. The van der Waals surface area contributed by atoms with Gasteiger partial charge in [0, 0.05) is 23.5 Å². The van der Waals surface area contributed by atoms with Crippen molar-refractivity contribution in [3.8, 4) is 0 Å². The number of hydrogen-bond acceptors (Lipinski definition) is 2. The van der Waals surface area contributed by atoms with E-state index in [0.29, 0.717) is 12.8 Å². The minimum Gasteiger partial charge on any atom is -0.308 e. The molecule has 0 radical (unpaired) electrons. The van der Waals surface area contributed by atoms with Crippen LogP contribution in [0.1, 0.15) is 37.8 Å². The normalized spacial score (nSPS) is 24.5. The molecule has 1 aliphatic carbocycles. The Bertz CT molecular complexity index is 873. The number of hydrogen-bond donors (Lipinski definition) is 0. The molecule has 2 amide bonds. The number of amides is 2. The number of fused-ring (bicyclic) bond motifs is 2. The van der Waals surface area contributed by atoms with Gasteiger partial charge in [0.1, 0.15) is 5.41 Å². The second kappa shape index (κ2) is 5.69. The van der Waals surface area contributed by atoms with Gasteiger partial charge < -0.3 is 9.80 Å². The minimum atomic E-state index is -0.878. The fourth-order valence-electron chi connectivity index (χ4n) is 4.86. The molecule has 4 nitrogen and oxygen atoms in total. The van der Waals surface area contributed by atoms with E-state index >= 15 is 0 Å². The molecule has 0 saturated heterocycles. The van der Waals surface area contributed by atoms with Gasteiger partial charge in [-0.15, -0.1) is 0 Å². The lowest BCUT2D eigenvalue weighted by Gasteiger charge is -2.31. The van der Waals surface area contributed by atoms with E-state index in [4.69, 9.17) is 0 Å². The maximum absolute atomic E-state index is 13.6. The van der Waals surface area contributed by atoms with Crippen molar-refractivity contribution in [3.05, 3.63) is 59.7 Å². The zero-order valence-corrected chi connectivity index (χ0v) is 15.8. The van der Waals surface area contributed by atoms with Crippen LogP contribution in [0.25, 0.3) is 0 Å². The molecular weight excluding hydrogens is 336 g/mol. The van der Waals surface area contributed by atoms with Crippen LogP contribution in [0, 0.1) is 5.41 Å². The Kier molecular flexibility index (Phi) is 3.48. The van der Waals surface area contributed by atoms with Crippen molar-refractivity contribution in [2.45, 2.75) is 51.6 Å². The highest BCUT2D eigenvalue weighted by Gasteiger charge is 2.61. The molecule has 138 valence electrons. The molecule has 2 aromatic rings. The van der Waals surface area contributed by atoms with Gasteiger partial charge in [-0.3, -0.25) is 9.59 Å². The van der Waals surface area contributed by atoms with Gasteiger partial charge >= 0.3 is 0 Å². The summed E-state index contributed by atoms with van der Waals surface area (Å²) in [6, 6.07) is 16.3. The average molecular weight is 360 g/mol. The molecule has 0 N–H and O–H groups in total. The number of para-hydroxylation sites is 2. The Labute approximate surface area is 159 Å². The van der Waals surface area contributed by atoms with Gasteiger partial charge in [-0.2, -0.15) is 0 Å². The molecule has 2 aliphatic heterocycles. The number of benzene rings is 2. The quantitative estimate of drug-likeness (QED) is 0.766. The van der Waals surface area contributed by atoms with E-state index in [0.717, 1.165) is 24.2 Å². The fraction of sp³-hybridized carbons (Fsp3) is 0.391. The van der Waals surface area contributed by atoms with Gasteiger partial charge in [-0.05, 0) is 62.8 Å². The summed E-state index contributed by atoms with van der Waals surface area (Å²) in [4.78, 5) is 31.0. The highest BCUT2D eigenvalue weighted by molar-refractivity contribution is 6.19. The van der Waals surface area contributed by atoms with Crippen LogP contribution in [0.4, 0.5) is 11.4 Å². The number of anilines is 2. The topological polar surface area (TPSA) is 40.6 Å². The maximum Gasteiger partial charge on any atom is 0.242 e. The lowest BCUT2D eigenvalue weighted by molar-refractivity contribution is -0.134. The van der Waals surface area contributed by atoms with E-state index in [1.807, 2.05) is 46.2 Å². The summed E-state index contributed by atoms with van der Waals surface area (Å²) < 4.78 is 0. The molecule has 2 heterocycles. The monoisotopic (exact) mass is 360 g/mol. The summed E-state index contributed by atoms with van der Waals surface area (Å²) in [5.41, 5.74) is 3.47. The van der Waals surface area contributed by atoms with Crippen LogP contribution in [-0.4, -0.2) is 23.9 Å². The first-order valence-corrected chi connectivity index (χ1v) is 9.86. The Morgan fingerprint density at radius 1 is 0.778 bits per heavy atom. The van der Waals surface area contributed by atoms with Crippen LogP contribution >= 0.6 is 0 Å². The van der Waals surface area contributed by atoms with Gasteiger partial charge in [-0.1, -0.05) is 36.4 Å². The molecule has 0 aromatic heterocycles. The summed E-state index contributed by atoms with van der Waals surface area (Å²) >= 11 is 0. The third kappa shape index (κ3) is 2.29. The summed E-state index contributed by atoms with van der Waals surface area (Å²) in [6.07, 6.45) is 3.02. The Hall–Kier alpha value is -2.62. The standard InChI is InChI=1S/C23H24N2O2/c1-15-13-17-7-3-5-9-19(17)24(15)21(26)23(11-12-23)22(27)25-16(2)14-18-8-4-6-10-20(18)25/h3-10,15-16H,11-14H2,1-2H3. The smallest absolute Gasteiger partial charge is 0.242 e. The van der Waals surface area contributed by atoms with E-state index < -0.39 is 5.41 Å². The summed E-state index contributed by atoms with van der Waals surface area (Å²) in [7, 11) is 0. The van der Waals surface area contributed by atoms with Crippen molar-refractivity contribution in [1.82, 2.24) is 0 Å². The predicted octanol–water partition coefficient (Wildman–Crippen LogP) is 3.72. The van der Waals surface area contributed by atoms with Crippen LogP contribution in [0.15, 0.2) is 48.5 Å². The minimum absolute atomic E-state index is 0.0125. The van der Waals surface area contributed by atoms with Crippen molar-refractivity contribution in [1.29, 1.82) is 0 Å². The Morgan fingerprint density at radius 2 is 1.19 bits per heavy atom. The fourth-order valence-corrected chi connectivity index (χ4v) is 4.86. The third-order valence-corrected chi connectivity index (χ3v) is 6.42. The zero-order valence-electron chi connectivity index (χ0n) is 15.8. The van der Waals surface area contributed by atoms with Crippen LogP contribution < -0.4 is 9.80 Å². The van der Waals surface area contributed by atoms with Gasteiger partial charge in [0.05, 0.1) is 0 Å². The largest absolute Gasteiger partial charge is 0.308 e. The number of rotatable bonds is 2. The van der Waals surface area contributed by atoms with E-state index in [9.17, 15) is 9.59 Å². The third-order valence-electron chi connectivity index (χ3n) is 6.42. The predicted molar refractivity (Wildman–Crippen MR) is 106 cm³/mol. The van der Waals surface area contributed by atoms with Crippen molar-refractivity contribution >= 4 is 23.2 Å². The van der Waals surface area contributed by atoms with Crippen LogP contribution in [0.3, 0.4) is 0 Å². The molecule has 27 heavy (non-hydrogen) atoms. The summed E-state index contributed by atoms with van der Waals surface area (Å²) in [6.45, 7) is 4.15. The van der Waals surface area contributed by atoms with Gasteiger partial charge in [0.15, 0.2) is 0 Å². The van der Waals surface area contributed by atoms with Crippen molar-refractivity contribution in [2.75, 3.05) is 9.80 Å². The molecule has 5 rings (SSSR count). The highest BCUT2D eigenvalue weighted by Crippen LogP contribution is 2.52. The lowest BCUT2D eigenvalue weighted by atomic mass is 10.0. The molecule has 0 spiro atoms. The first-order valence-electron chi connectivity index (χ1n) is 9.86. The summed E-state index contributed by atoms with van der Waals surface area (Å²) in [5.74, 6) is -0.0249. The van der Waals surface area contributed by atoms with Gasteiger partial charge in [0.2, 0.25) is 11.8 Å². The van der Waals surface area contributed by atoms with Crippen molar-refractivity contribution in [3.63, 3.8) is 0 Å². The first kappa shape index (κ1) is 16.5. The molecule has 2 aromatic carbocycles. The number of carbonyl (C=O) groups is 2. The van der Waals surface area contributed by atoms with E-state index in [1.54, 1.807) is 0 Å². The highest BCUT2D eigenvalue weighted by atomic mass is 16.2.